The topological polar surface area (TPSA) is 17.1 Å². The van der Waals surface area contributed by atoms with E-state index in [9.17, 15) is 4.79 Å². The molecule has 0 bridgehead atoms. The summed E-state index contributed by atoms with van der Waals surface area (Å²) in [6.45, 7) is 10.3. The van der Waals surface area contributed by atoms with E-state index in [0.717, 1.165) is 17.4 Å². The van der Waals surface area contributed by atoms with Gasteiger partial charge >= 0.3 is 0 Å². The monoisotopic (exact) mass is 316 g/mol. The van der Waals surface area contributed by atoms with E-state index in [-0.39, 0.29) is 0 Å². The third-order valence-electron chi connectivity index (χ3n) is 4.49. The molecule has 0 fully saturated rings. The van der Waals surface area contributed by atoms with Crippen LogP contribution in [0, 0.1) is 0 Å². The number of hydrogen-bond acceptors (Lipinski definition) is 1. The molecule has 23 heavy (non-hydrogen) atoms. The van der Waals surface area contributed by atoms with Gasteiger partial charge in [-0.25, -0.2) is 0 Å². The fraction of sp³-hybridized carbons (Fsp3) is 0.591. The summed E-state index contributed by atoms with van der Waals surface area (Å²) < 4.78 is 0. The molecule has 0 radical (unpaired) electrons. The number of allylic oxidation sites excluding steroid dienone is 8. The molecule has 0 aliphatic carbocycles. The Labute approximate surface area is 144 Å². The van der Waals surface area contributed by atoms with E-state index in [0.29, 0.717) is 0 Å². The van der Waals surface area contributed by atoms with Gasteiger partial charge in [-0.3, -0.25) is 4.79 Å². The molecule has 130 valence electrons. The van der Waals surface area contributed by atoms with Crippen molar-refractivity contribution in [2.75, 3.05) is 0 Å². The summed E-state index contributed by atoms with van der Waals surface area (Å²) in [4.78, 5) is 10.8. The average molecular weight is 317 g/mol. The molecule has 0 heterocycles. The molecular formula is C22H36O. The first-order chi connectivity index (χ1) is 11.0. The largest absolute Gasteiger partial charge is 0.298 e. The summed E-state index contributed by atoms with van der Waals surface area (Å²) in [6, 6.07) is 0. The quantitative estimate of drug-likeness (QED) is 0.162. The maximum atomic E-state index is 10.8. The number of rotatable bonds is 12. The van der Waals surface area contributed by atoms with Gasteiger partial charge < -0.3 is 0 Å². The third kappa shape index (κ3) is 10.9. The first kappa shape index (κ1) is 21.6. The van der Waals surface area contributed by atoms with Gasteiger partial charge in [0.2, 0.25) is 0 Å². The van der Waals surface area contributed by atoms with Crippen LogP contribution in [-0.4, -0.2) is 6.29 Å². The first-order valence-corrected chi connectivity index (χ1v) is 9.18. The highest BCUT2D eigenvalue weighted by molar-refractivity contribution is 5.75. The van der Waals surface area contributed by atoms with Crippen LogP contribution in [0.4, 0.5) is 0 Å². The minimum absolute atomic E-state index is 0.810. The second-order valence-electron chi connectivity index (χ2n) is 6.43. The number of unbranched alkanes of at least 4 members (excludes halogenated alkanes) is 7. The molecule has 1 heteroatoms. The van der Waals surface area contributed by atoms with Crippen LogP contribution in [0.1, 0.15) is 86.0 Å². The molecule has 0 spiro atoms. The lowest BCUT2D eigenvalue weighted by Crippen LogP contribution is -1.90. The van der Waals surface area contributed by atoms with Crippen molar-refractivity contribution in [1.29, 1.82) is 0 Å². The van der Waals surface area contributed by atoms with Gasteiger partial charge in [-0.05, 0) is 62.8 Å². The summed E-state index contributed by atoms with van der Waals surface area (Å²) in [5, 5.41) is 0. The molecule has 0 unspecified atom stereocenters. The molecule has 0 aromatic carbocycles. The molecule has 0 rings (SSSR count). The van der Waals surface area contributed by atoms with Crippen LogP contribution in [0.2, 0.25) is 0 Å². The molecule has 0 atom stereocenters. The molecule has 0 saturated heterocycles. The van der Waals surface area contributed by atoms with Crippen LogP contribution in [0.25, 0.3) is 0 Å². The van der Waals surface area contributed by atoms with Crippen molar-refractivity contribution < 1.29 is 4.79 Å². The van der Waals surface area contributed by atoms with E-state index < -0.39 is 0 Å². The zero-order chi connectivity index (χ0) is 17.5. The lowest BCUT2D eigenvalue weighted by molar-refractivity contribution is -0.104. The van der Waals surface area contributed by atoms with E-state index >= 15 is 0 Å². The van der Waals surface area contributed by atoms with Crippen LogP contribution in [-0.2, 0) is 4.79 Å². The van der Waals surface area contributed by atoms with Crippen molar-refractivity contribution >= 4 is 6.29 Å². The van der Waals surface area contributed by atoms with Gasteiger partial charge in [0.25, 0.3) is 0 Å². The van der Waals surface area contributed by atoms with Gasteiger partial charge in [0.1, 0.15) is 6.29 Å². The Morgan fingerprint density at radius 1 is 0.739 bits per heavy atom. The second kappa shape index (κ2) is 14.2. The third-order valence-corrected chi connectivity index (χ3v) is 4.49. The molecule has 0 N–H and O–H groups in total. The summed E-state index contributed by atoms with van der Waals surface area (Å²) in [6.07, 6.45) is 20.3. The fourth-order valence-electron chi connectivity index (χ4n) is 2.40. The predicted molar refractivity (Wildman–Crippen MR) is 104 cm³/mol. The number of aldehydes is 1. The van der Waals surface area contributed by atoms with Gasteiger partial charge in [-0.1, -0.05) is 69.8 Å². The molecule has 0 aliphatic rings. The Balaban J connectivity index is 4.06. The van der Waals surface area contributed by atoms with Gasteiger partial charge in [-0.2, -0.15) is 0 Å². The SMILES string of the molecule is CCCCCCCCCC=CC=CC(C)=C(C)C(C)=C(C)C=O. The average Bonchev–Trinajstić information content (AvgIpc) is 2.57. The Kier molecular flexibility index (Phi) is 13.4. The highest BCUT2D eigenvalue weighted by Crippen LogP contribution is 2.17. The van der Waals surface area contributed by atoms with Gasteiger partial charge in [0.05, 0.1) is 0 Å². The fourth-order valence-corrected chi connectivity index (χ4v) is 2.40. The number of carbonyl (C=O) groups is 1. The number of carbonyl (C=O) groups excluding carboxylic acids is 1. The standard InChI is InChI=1S/C22H36O/c1-6-7-8-9-10-11-12-13-14-15-16-17-19(2)21(4)22(5)20(3)18-23/h14-18H,6-13H2,1-5H3. The smallest absolute Gasteiger partial charge is 0.146 e. The van der Waals surface area contributed by atoms with Crippen molar-refractivity contribution in [2.24, 2.45) is 0 Å². The molecule has 0 aromatic rings. The Morgan fingerprint density at radius 3 is 1.91 bits per heavy atom. The molecular weight excluding hydrogens is 280 g/mol. The van der Waals surface area contributed by atoms with Crippen molar-refractivity contribution in [1.82, 2.24) is 0 Å². The lowest BCUT2D eigenvalue weighted by atomic mass is 9.99. The highest BCUT2D eigenvalue weighted by Gasteiger charge is 2.00. The maximum Gasteiger partial charge on any atom is 0.146 e. The van der Waals surface area contributed by atoms with Crippen molar-refractivity contribution in [3.63, 3.8) is 0 Å². The minimum atomic E-state index is 0.810. The van der Waals surface area contributed by atoms with Crippen LogP contribution < -0.4 is 0 Å². The molecule has 0 aromatic heterocycles. The van der Waals surface area contributed by atoms with Crippen LogP contribution in [0.5, 0.6) is 0 Å². The van der Waals surface area contributed by atoms with Crippen molar-refractivity contribution in [3.05, 3.63) is 46.6 Å². The summed E-state index contributed by atoms with van der Waals surface area (Å²) >= 11 is 0. The molecule has 1 nitrogen and oxygen atoms in total. The highest BCUT2D eigenvalue weighted by atomic mass is 16.1. The normalized spacial score (nSPS) is 14.3. The summed E-state index contributed by atoms with van der Waals surface area (Å²) in [5.41, 5.74) is 4.29. The zero-order valence-corrected chi connectivity index (χ0v) is 16.0. The Hall–Kier alpha value is -1.37. The van der Waals surface area contributed by atoms with E-state index in [1.807, 2.05) is 13.8 Å². The molecule has 0 saturated carbocycles. The summed E-state index contributed by atoms with van der Waals surface area (Å²) in [7, 11) is 0. The van der Waals surface area contributed by atoms with E-state index in [1.165, 1.54) is 62.5 Å². The van der Waals surface area contributed by atoms with Gasteiger partial charge in [0.15, 0.2) is 0 Å². The van der Waals surface area contributed by atoms with Crippen LogP contribution >= 0.6 is 0 Å². The summed E-state index contributed by atoms with van der Waals surface area (Å²) in [5.74, 6) is 0. The van der Waals surface area contributed by atoms with Crippen molar-refractivity contribution in [2.45, 2.75) is 86.0 Å². The Morgan fingerprint density at radius 2 is 1.30 bits per heavy atom. The van der Waals surface area contributed by atoms with E-state index in [2.05, 4.69) is 45.1 Å². The molecule has 0 aliphatic heterocycles. The van der Waals surface area contributed by atoms with Crippen molar-refractivity contribution in [3.8, 4) is 0 Å². The van der Waals surface area contributed by atoms with E-state index in [1.54, 1.807) is 0 Å². The maximum absolute atomic E-state index is 10.8. The van der Waals surface area contributed by atoms with Gasteiger partial charge in [-0.15, -0.1) is 0 Å². The minimum Gasteiger partial charge on any atom is -0.298 e. The number of hydrogen-bond donors (Lipinski definition) is 0. The second-order valence-corrected chi connectivity index (χ2v) is 6.43. The predicted octanol–water partition coefficient (Wildman–Crippen LogP) is 7.11. The van der Waals surface area contributed by atoms with Crippen LogP contribution in [0.15, 0.2) is 46.6 Å². The van der Waals surface area contributed by atoms with E-state index in [4.69, 9.17) is 0 Å². The van der Waals surface area contributed by atoms with Gasteiger partial charge in [0, 0.05) is 0 Å². The van der Waals surface area contributed by atoms with Crippen LogP contribution in [0.3, 0.4) is 0 Å². The lowest BCUT2D eigenvalue weighted by Gasteiger charge is -2.06. The Bertz CT molecular complexity index is 447. The molecule has 0 amide bonds. The first-order valence-electron chi connectivity index (χ1n) is 9.18. The zero-order valence-electron chi connectivity index (χ0n) is 16.0.